The zero-order valence-corrected chi connectivity index (χ0v) is 14.1. The smallest absolute Gasteiger partial charge is 0.228 e. The Morgan fingerprint density at radius 3 is 2.35 bits per heavy atom. The standard InChI is InChI=1S/C17H30ClNO/c1-13(2)12-17(10-6-7-11-17)16(20)19(3)15-9-5-4-8-14(15)18/h13-15H,4-12H2,1-3H3. The van der Waals surface area contributed by atoms with Gasteiger partial charge in [0.2, 0.25) is 5.91 Å². The van der Waals surface area contributed by atoms with Crippen LogP contribution in [0.4, 0.5) is 0 Å². The lowest BCUT2D eigenvalue weighted by atomic mass is 9.76. The fourth-order valence-corrected chi connectivity index (χ4v) is 4.81. The van der Waals surface area contributed by atoms with Gasteiger partial charge in [-0.2, -0.15) is 0 Å². The lowest BCUT2D eigenvalue weighted by molar-refractivity contribution is -0.144. The highest BCUT2D eigenvalue weighted by atomic mass is 35.5. The first kappa shape index (κ1) is 16.1. The lowest BCUT2D eigenvalue weighted by Crippen LogP contribution is -2.50. The molecule has 1 amide bonds. The fraction of sp³-hybridized carbons (Fsp3) is 0.941. The van der Waals surface area contributed by atoms with E-state index in [1.54, 1.807) is 0 Å². The molecule has 2 fully saturated rings. The van der Waals surface area contributed by atoms with Crippen LogP contribution in [0.15, 0.2) is 0 Å². The van der Waals surface area contributed by atoms with Gasteiger partial charge in [-0.1, -0.05) is 39.5 Å². The summed E-state index contributed by atoms with van der Waals surface area (Å²) in [7, 11) is 1.99. The second-order valence-corrected chi connectivity index (χ2v) is 7.93. The second kappa shape index (κ2) is 6.68. The van der Waals surface area contributed by atoms with Crippen LogP contribution in [0, 0.1) is 11.3 Å². The van der Waals surface area contributed by atoms with Gasteiger partial charge in [-0.3, -0.25) is 4.79 Å². The van der Waals surface area contributed by atoms with E-state index in [0.29, 0.717) is 11.8 Å². The molecule has 0 radical (unpaired) electrons. The third kappa shape index (κ3) is 3.32. The Balaban J connectivity index is 2.10. The van der Waals surface area contributed by atoms with Crippen LogP contribution in [0.25, 0.3) is 0 Å². The van der Waals surface area contributed by atoms with Gasteiger partial charge in [0.25, 0.3) is 0 Å². The lowest BCUT2D eigenvalue weighted by Gasteiger charge is -2.40. The average molecular weight is 300 g/mol. The number of rotatable bonds is 4. The van der Waals surface area contributed by atoms with Gasteiger partial charge in [-0.15, -0.1) is 11.6 Å². The van der Waals surface area contributed by atoms with E-state index in [1.165, 1.54) is 25.7 Å². The van der Waals surface area contributed by atoms with Crippen molar-refractivity contribution in [3.63, 3.8) is 0 Å². The molecule has 0 N–H and O–H groups in total. The van der Waals surface area contributed by atoms with Crippen molar-refractivity contribution in [1.29, 1.82) is 0 Å². The number of hydrogen-bond donors (Lipinski definition) is 0. The summed E-state index contributed by atoms with van der Waals surface area (Å²) in [6.45, 7) is 4.47. The van der Waals surface area contributed by atoms with Crippen LogP contribution in [0.3, 0.4) is 0 Å². The maximum Gasteiger partial charge on any atom is 0.228 e. The molecule has 116 valence electrons. The quantitative estimate of drug-likeness (QED) is 0.695. The third-order valence-electron chi connectivity index (χ3n) is 5.28. The molecule has 0 aromatic carbocycles. The maximum absolute atomic E-state index is 13.1. The molecule has 0 aromatic heterocycles. The van der Waals surface area contributed by atoms with E-state index in [9.17, 15) is 4.79 Å². The van der Waals surface area contributed by atoms with Crippen molar-refractivity contribution in [2.75, 3.05) is 7.05 Å². The first-order valence-electron chi connectivity index (χ1n) is 8.37. The summed E-state index contributed by atoms with van der Waals surface area (Å²) in [5.74, 6) is 0.963. The van der Waals surface area contributed by atoms with Gasteiger partial charge in [-0.05, 0) is 38.0 Å². The van der Waals surface area contributed by atoms with Gasteiger partial charge in [0, 0.05) is 18.5 Å². The number of nitrogens with zero attached hydrogens (tertiary/aromatic N) is 1. The van der Waals surface area contributed by atoms with Crippen LogP contribution in [0.5, 0.6) is 0 Å². The Kier molecular flexibility index (Phi) is 5.39. The van der Waals surface area contributed by atoms with Gasteiger partial charge in [0.15, 0.2) is 0 Å². The Bertz CT molecular complexity index is 336. The Morgan fingerprint density at radius 2 is 1.80 bits per heavy atom. The molecule has 0 heterocycles. The molecule has 2 nitrogen and oxygen atoms in total. The monoisotopic (exact) mass is 299 g/mol. The summed E-state index contributed by atoms with van der Waals surface area (Å²) in [5.41, 5.74) is -0.0863. The predicted octanol–water partition coefficient (Wildman–Crippen LogP) is 4.60. The minimum absolute atomic E-state index is 0.0863. The predicted molar refractivity (Wildman–Crippen MR) is 85.0 cm³/mol. The highest BCUT2D eigenvalue weighted by molar-refractivity contribution is 6.21. The average Bonchev–Trinajstić information content (AvgIpc) is 2.86. The van der Waals surface area contributed by atoms with Crippen molar-refractivity contribution in [3.05, 3.63) is 0 Å². The van der Waals surface area contributed by atoms with E-state index in [2.05, 4.69) is 13.8 Å². The molecule has 2 aliphatic rings. The summed E-state index contributed by atoms with van der Waals surface area (Å²) in [4.78, 5) is 15.1. The van der Waals surface area contributed by atoms with E-state index >= 15 is 0 Å². The number of alkyl halides is 1. The van der Waals surface area contributed by atoms with Gasteiger partial charge >= 0.3 is 0 Å². The van der Waals surface area contributed by atoms with Crippen LogP contribution in [0.1, 0.15) is 71.6 Å². The molecule has 2 aliphatic carbocycles. The maximum atomic E-state index is 13.1. The van der Waals surface area contributed by atoms with Crippen molar-refractivity contribution < 1.29 is 4.79 Å². The summed E-state index contributed by atoms with van der Waals surface area (Å²) in [6, 6.07) is 0.252. The summed E-state index contributed by atoms with van der Waals surface area (Å²) in [5, 5.41) is 0.148. The molecule has 0 spiro atoms. The molecule has 0 bridgehead atoms. The number of halogens is 1. The number of carbonyl (C=O) groups is 1. The van der Waals surface area contributed by atoms with E-state index in [-0.39, 0.29) is 16.8 Å². The van der Waals surface area contributed by atoms with Gasteiger partial charge in [0.05, 0.1) is 5.38 Å². The van der Waals surface area contributed by atoms with Gasteiger partial charge < -0.3 is 4.90 Å². The Morgan fingerprint density at radius 1 is 1.20 bits per heavy atom. The first-order chi connectivity index (χ1) is 9.46. The molecule has 0 aromatic rings. The number of hydrogen-bond acceptors (Lipinski definition) is 1. The van der Waals surface area contributed by atoms with E-state index in [4.69, 9.17) is 11.6 Å². The highest BCUT2D eigenvalue weighted by Crippen LogP contribution is 2.45. The van der Waals surface area contributed by atoms with Crippen molar-refractivity contribution in [1.82, 2.24) is 4.90 Å². The third-order valence-corrected chi connectivity index (χ3v) is 5.79. The normalized spacial score (nSPS) is 29.6. The minimum atomic E-state index is -0.0863. The van der Waals surface area contributed by atoms with Gasteiger partial charge in [-0.25, -0.2) is 0 Å². The van der Waals surface area contributed by atoms with E-state index in [1.807, 2.05) is 11.9 Å². The fourth-order valence-electron chi connectivity index (χ4n) is 4.37. The number of carbonyl (C=O) groups excluding carboxylic acids is 1. The first-order valence-corrected chi connectivity index (χ1v) is 8.81. The SMILES string of the molecule is CC(C)CC1(C(=O)N(C)C2CCCCC2Cl)CCCC1. The Labute approximate surface area is 129 Å². The molecular weight excluding hydrogens is 270 g/mol. The van der Waals surface area contributed by atoms with Crippen LogP contribution >= 0.6 is 11.6 Å². The molecular formula is C17H30ClNO. The van der Waals surface area contributed by atoms with Crippen molar-refractivity contribution in [3.8, 4) is 0 Å². The molecule has 2 unspecified atom stereocenters. The zero-order chi connectivity index (χ0) is 14.8. The van der Waals surface area contributed by atoms with E-state index < -0.39 is 0 Å². The summed E-state index contributed by atoms with van der Waals surface area (Å²) >= 11 is 6.49. The van der Waals surface area contributed by atoms with Crippen molar-refractivity contribution in [2.45, 2.75) is 83.1 Å². The Hall–Kier alpha value is -0.240. The molecule has 0 aliphatic heterocycles. The summed E-state index contributed by atoms with van der Waals surface area (Å²) < 4.78 is 0. The van der Waals surface area contributed by atoms with Crippen LogP contribution in [-0.4, -0.2) is 29.3 Å². The van der Waals surface area contributed by atoms with Gasteiger partial charge in [0.1, 0.15) is 0 Å². The minimum Gasteiger partial charge on any atom is -0.341 e. The molecule has 2 atom stereocenters. The molecule has 0 saturated heterocycles. The largest absolute Gasteiger partial charge is 0.341 e. The zero-order valence-electron chi connectivity index (χ0n) is 13.3. The molecule has 20 heavy (non-hydrogen) atoms. The van der Waals surface area contributed by atoms with Crippen molar-refractivity contribution in [2.24, 2.45) is 11.3 Å². The van der Waals surface area contributed by atoms with Crippen molar-refractivity contribution >= 4 is 17.5 Å². The van der Waals surface area contributed by atoms with Crippen LogP contribution in [-0.2, 0) is 4.79 Å². The van der Waals surface area contributed by atoms with E-state index in [0.717, 1.165) is 32.1 Å². The highest BCUT2D eigenvalue weighted by Gasteiger charge is 2.45. The topological polar surface area (TPSA) is 20.3 Å². The summed E-state index contributed by atoms with van der Waals surface area (Å²) in [6.07, 6.45) is 10.2. The van der Waals surface area contributed by atoms with Crippen LogP contribution in [0.2, 0.25) is 0 Å². The second-order valence-electron chi connectivity index (χ2n) is 7.37. The molecule has 2 saturated carbocycles. The number of amides is 1. The molecule has 2 rings (SSSR count). The van der Waals surface area contributed by atoms with Crippen LogP contribution < -0.4 is 0 Å². The molecule has 3 heteroatoms.